The van der Waals surface area contributed by atoms with Crippen molar-refractivity contribution in [1.82, 2.24) is 0 Å². The number of ketones is 1. The summed E-state index contributed by atoms with van der Waals surface area (Å²) in [4.78, 5) is 37.9. The molecule has 0 aliphatic carbocycles. The maximum atomic E-state index is 13.1. The van der Waals surface area contributed by atoms with Gasteiger partial charge in [0.2, 0.25) is 0 Å². The van der Waals surface area contributed by atoms with E-state index in [0.717, 1.165) is 37.7 Å². The van der Waals surface area contributed by atoms with Crippen LogP contribution in [0.4, 0.5) is 0 Å². The summed E-state index contributed by atoms with van der Waals surface area (Å²) >= 11 is 0. The van der Waals surface area contributed by atoms with Gasteiger partial charge in [-0.3, -0.25) is 9.59 Å². The zero-order valence-corrected chi connectivity index (χ0v) is 26.4. The highest BCUT2D eigenvalue weighted by atomic mass is 16.6. The van der Waals surface area contributed by atoms with E-state index >= 15 is 0 Å². The number of aryl methyl sites for hydroxylation is 1. The quantitative estimate of drug-likeness (QED) is 0.0614. The Morgan fingerprint density at radius 3 is 1.51 bits per heavy atom. The maximum Gasteiger partial charge on any atom is 0.376 e. The maximum absolute atomic E-state index is 13.1. The minimum Gasteiger partial charge on any atom is -0.475 e. The lowest BCUT2D eigenvalue weighted by atomic mass is 9.85. The third-order valence-corrected chi connectivity index (χ3v) is 8.25. The van der Waals surface area contributed by atoms with Gasteiger partial charge in [-0.25, -0.2) is 4.79 Å². The van der Waals surface area contributed by atoms with Crippen molar-refractivity contribution in [1.29, 1.82) is 0 Å². The van der Waals surface area contributed by atoms with Gasteiger partial charge in [0.25, 0.3) is 5.78 Å². The average molecular weight is 573 g/mol. The highest BCUT2D eigenvalue weighted by Crippen LogP contribution is 2.29. The second-order valence-electron chi connectivity index (χ2n) is 12.0. The fourth-order valence-corrected chi connectivity index (χ4v) is 5.61. The second kappa shape index (κ2) is 24.4. The van der Waals surface area contributed by atoms with E-state index < -0.39 is 23.3 Å². The van der Waals surface area contributed by atoms with Gasteiger partial charge in [-0.05, 0) is 37.7 Å². The van der Waals surface area contributed by atoms with E-state index in [2.05, 4.69) is 13.8 Å². The zero-order valence-electron chi connectivity index (χ0n) is 26.4. The Kier molecular flexibility index (Phi) is 22.0. The summed E-state index contributed by atoms with van der Waals surface area (Å²) in [6.45, 7) is 4.45. The molecule has 1 N–H and O–H groups in total. The van der Waals surface area contributed by atoms with Gasteiger partial charge in [0.15, 0.2) is 5.60 Å². The van der Waals surface area contributed by atoms with Gasteiger partial charge < -0.3 is 9.84 Å². The monoisotopic (exact) mass is 572 g/mol. The van der Waals surface area contributed by atoms with E-state index in [9.17, 15) is 19.5 Å². The van der Waals surface area contributed by atoms with Gasteiger partial charge in [0.05, 0.1) is 0 Å². The Morgan fingerprint density at radius 1 is 0.610 bits per heavy atom. The summed E-state index contributed by atoms with van der Waals surface area (Å²) in [6.07, 6.45) is 24.3. The van der Waals surface area contributed by atoms with E-state index in [0.29, 0.717) is 19.3 Å². The number of Topliss-reactive ketones (excluding diaryl/α,β-unsaturated/α-hetero) is 1. The lowest BCUT2D eigenvalue weighted by Gasteiger charge is -2.31. The third-order valence-electron chi connectivity index (χ3n) is 8.25. The van der Waals surface area contributed by atoms with E-state index in [1.54, 1.807) is 0 Å². The predicted octanol–water partition coefficient (Wildman–Crippen LogP) is 10.2. The van der Waals surface area contributed by atoms with Crippen molar-refractivity contribution in [3.8, 4) is 0 Å². The van der Waals surface area contributed by atoms with E-state index in [1.807, 2.05) is 30.3 Å². The number of carboxylic acid groups (broad SMARTS) is 1. The number of hydrogen-bond acceptors (Lipinski definition) is 4. The van der Waals surface area contributed by atoms with Crippen LogP contribution in [0.5, 0.6) is 0 Å². The van der Waals surface area contributed by atoms with E-state index in [-0.39, 0.29) is 19.3 Å². The van der Waals surface area contributed by atoms with Crippen LogP contribution in [-0.4, -0.2) is 28.4 Å². The van der Waals surface area contributed by atoms with Crippen LogP contribution < -0.4 is 0 Å². The van der Waals surface area contributed by atoms with Crippen molar-refractivity contribution < 1.29 is 24.2 Å². The first-order valence-corrected chi connectivity index (χ1v) is 17.0. The average Bonchev–Trinajstić information content (AvgIpc) is 2.97. The molecule has 0 saturated carbocycles. The zero-order chi connectivity index (χ0) is 30.0. The summed E-state index contributed by atoms with van der Waals surface area (Å²) in [5.41, 5.74) is -0.596. The van der Waals surface area contributed by atoms with Crippen molar-refractivity contribution in [3.05, 3.63) is 35.9 Å². The van der Waals surface area contributed by atoms with Crippen molar-refractivity contribution >= 4 is 17.7 Å². The first kappa shape index (κ1) is 36.9. The fraction of sp³-hybridized carbons (Fsp3) is 0.750. The van der Waals surface area contributed by atoms with Gasteiger partial charge in [0, 0.05) is 6.42 Å². The summed E-state index contributed by atoms with van der Waals surface area (Å²) in [7, 11) is 0. The molecule has 41 heavy (non-hydrogen) atoms. The normalized spacial score (nSPS) is 12.6. The summed E-state index contributed by atoms with van der Waals surface area (Å²) < 4.78 is 5.88. The molecule has 0 heterocycles. The molecule has 0 radical (unpaired) electrons. The molecule has 0 aliphatic heterocycles. The number of benzene rings is 1. The Bertz CT molecular complexity index is 805. The van der Waals surface area contributed by atoms with Crippen LogP contribution in [0.15, 0.2) is 30.3 Å². The lowest BCUT2D eigenvalue weighted by molar-refractivity contribution is -0.175. The largest absolute Gasteiger partial charge is 0.475 e. The van der Waals surface area contributed by atoms with Crippen LogP contribution in [-0.2, 0) is 25.5 Å². The number of ether oxygens (including phenoxy) is 1. The number of hydrogen-bond donors (Lipinski definition) is 1. The Hall–Kier alpha value is -2.17. The molecule has 1 aromatic carbocycles. The minimum absolute atomic E-state index is 0.198. The fourth-order valence-electron chi connectivity index (χ4n) is 5.61. The summed E-state index contributed by atoms with van der Waals surface area (Å²) in [6, 6.07) is 9.70. The molecule has 0 aromatic heterocycles. The highest BCUT2D eigenvalue weighted by Gasteiger charge is 2.45. The Morgan fingerprint density at radius 2 is 1.05 bits per heavy atom. The number of unbranched alkanes of at least 4 members (excludes halogenated alkanes) is 18. The topological polar surface area (TPSA) is 80.7 Å². The van der Waals surface area contributed by atoms with Crippen LogP contribution in [0.2, 0.25) is 0 Å². The molecule has 1 aromatic rings. The van der Waals surface area contributed by atoms with Gasteiger partial charge in [-0.15, -0.1) is 0 Å². The van der Waals surface area contributed by atoms with Crippen LogP contribution in [0.1, 0.15) is 167 Å². The van der Waals surface area contributed by atoms with Crippen LogP contribution in [0.25, 0.3) is 0 Å². The number of rotatable bonds is 28. The standard InChI is InChI=1S/C36H60O5/c1-3-5-7-9-11-13-14-15-17-19-24-28-33(37)41-36(34(38)35(39)40,31-29-32-26-22-21-23-27-32)30-25-20-18-16-12-10-8-6-4-2/h21-23,26-27H,3-20,24-25,28-31H2,1-2H3,(H,39,40)/t36-/m1/s1. The van der Waals surface area contributed by atoms with Crippen molar-refractivity contribution in [2.24, 2.45) is 0 Å². The summed E-state index contributed by atoms with van der Waals surface area (Å²) in [5, 5.41) is 9.71. The molecule has 0 spiro atoms. The molecule has 234 valence electrons. The van der Waals surface area contributed by atoms with Gasteiger partial charge in [-0.2, -0.15) is 0 Å². The minimum atomic E-state index is -1.60. The number of carbonyl (C=O) groups excluding carboxylic acids is 2. The summed E-state index contributed by atoms with van der Waals surface area (Å²) in [5.74, 6) is -2.95. The number of esters is 1. The van der Waals surface area contributed by atoms with Crippen molar-refractivity contribution in [2.75, 3.05) is 0 Å². The van der Waals surface area contributed by atoms with Gasteiger partial charge in [-0.1, -0.05) is 160 Å². The molecule has 1 atom stereocenters. The molecule has 0 aliphatic rings. The molecule has 5 heteroatoms. The number of aliphatic carboxylic acids is 1. The van der Waals surface area contributed by atoms with Crippen molar-refractivity contribution in [3.63, 3.8) is 0 Å². The Balaban J connectivity index is 2.61. The number of carbonyl (C=O) groups is 3. The molecule has 0 fully saturated rings. The predicted molar refractivity (Wildman–Crippen MR) is 169 cm³/mol. The molecule has 0 amide bonds. The molecule has 5 nitrogen and oxygen atoms in total. The highest BCUT2D eigenvalue weighted by molar-refractivity contribution is 6.36. The first-order valence-electron chi connectivity index (χ1n) is 17.0. The first-order chi connectivity index (χ1) is 19.9. The van der Waals surface area contributed by atoms with Crippen LogP contribution in [0.3, 0.4) is 0 Å². The number of carboxylic acids is 1. The van der Waals surface area contributed by atoms with E-state index in [4.69, 9.17) is 4.74 Å². The van der Waals surface area contributed by atoms with Gasteiger partial charge >= 0.3 is 11.9 Å². The molecule has 1 rings (SSSR count). The molecular formula is C36H60O5. The van der Waals surface area contributed by atoms with Gasteiger partial charge in [0.1, 0.15) is 0 Å². The smallest absolute Gasteiger partial charge is 0.376 e. The van der Waals surface area contributed by atoms with Crippen molar-refractivity contribution in [2.45, 2.75) is 174 Å². The SMILES string of the molecule is CCCCCCCCCCCCCC(=O)O[C@](CCCCCCCCCCC)(CCc1ccccc1)C(=O)C(=O)O. The van der Waals surface area contributed by atoms with Crippen LogP contribution >= 0.6 is 0 Å². The second-order valence-corrected chi connectivity index (χ2v) is 12.0. The molecule has 0 unspecified atom stereocenters. The molecule has 0 bridgehead atoms. The Labute approximate surface area is 251 Å². The molecule has 0 saturated heterocycles. The third kappa shape index (κ3) is 18.1. The van der Waals surface area contributed by atoms with Crippen LogP contribution in [0, 0.1) is 0 Å². The van der Waals surface area contributed by atoms with E-state index in [1.165, 1.54) is 83.5 Å². The lowest BCUT2D eigenvalue weighted by Crippen LogP contribution is -2.47. The molecular weight excluding hydrogens is 512 g/mol.